The number of nitrogens with zero attached hydrogens (tertiary/aromatic N) is 7. The van der Waals surface area contributed by atoms with Crippen LogP contribution in [0.3, 0.4) is 0 Å². The molecule has 20 heteroatoms. The predicted octanol–water partition coefficient (Wildman–Crippen LogP) is -2.29. The van der Waals surface area contributed by atoms with Gasteiger partial charge in [0.1, 0.15) is 36.1 Å². The summed E-state index contributed by atoms with van der Waals surface area (Å²) in [5.41, 5.74) is 10.3. The van der Waals surface area contributed by atoms with Gasteiger partial charge in [0.05, 0.1) is 30.4 Å². The lowest BCUT2D eigenvalue weighted by atomic mass is 10.1. The van der Waals surface area contributed by atoms with Gasteiger partial charge in [-0.3, -0.25) is 9.78 Å². The molecule has 0 aromatic carbocycles. The Morgan fingerprint density at radius 3 is 2.77 bits per heavy atom. The van der Waals surface area contributed by atoms with Crippen molar-refractivity contribution >= 4 is 52.3 Å². The molecule has 40 heavy (non-hydrogen) atoms. The van der Waals surface area contributed by atoms with Gasteiger partial charge in [-0.05, 0) is 24.3 Å². The van der Waals surface area contributed by atoms with Crippen molar-refractivity contribution in [3.8, 4) is 0 Å². The van der Waals surface area contributed by atoms with E-state index in [2.05, 4.69) is 30.2 Å². The van der Waals surface area contributed by atoms with Crippen LogP contribution in [0.2, 0.25) is 0 Å². The van der Waals surface area contributed by atoms with Gasteiger partial charge in [0, 0.05) is 6.20 Å². The number of aliphatic hydroxyl groups excluding tert-OH is 3. The van der Waals surface area contributed by atoms with E-state index in [0.29, 0.717) is 11.0 Å². The summed E-state index contributed by atoms with van der Waals surface area (Å²) >= 11 is 5.49. The number of nitrogen functional groups attached to an aromatic ring is 2. The van der Waals surface area contributed by atoms with Crippen molar-refractivity contribution in [1.29, 1.82) is 0 Å². The number of hydrogen-bond acceptors (Lipinski definition) is 15. The van der Waals surface area contributed by atoms with Crippen LogP contribution < -0.4 is 17.0 Å². The summed E-state index contributed by atoms with van der Waals surface area (Å²) in [6.45, 7) is -4.53. The average molecular weight is 597 g/mol. The highest BCUT2D eigenvalue weighted by atomic mass is 32.5. The van der Waals surface area contributed by atoms with Crippen LogP contribution in [0.15, 0.2) is 23.4 Å². The molecular formula is C20H25N10O8PS. The van der Waals surface area contributed by atoms with Gasteiger partial charge in [0.2, 0.25) is 5.95 Å². The highest BCUT2D eigenvalue weighted by molar-refractivity contribution is 8.09. The van der Waals surface area contributed by atoms with Crippen molar-refractivity contribution in [1.82, 2.24) is 39.5 Å². The molecule has 0 spiro atoms. The van der Waals surface area contributed by atoms with E-state index in [4.69, 9.17) is 37.3 Å². The molecule has 214 valence electrons. The fraction of sp³-hybridized carbons (Fsp3) is 0.500. The Balaban J connectivity index is 1.22. The van der Waals surface area contributed by atoms with E-state index in [-0.39, 0.29) is 42.6 Å². The molecule has 0 aliphatic carbocycles. The molecule has 4 aromatic heterocycles. The first-order valence-corrected chi connectivity index (χ1v) is 14.8. The Bertz CT molecular complexity index is 1680. The maximum atomic E-state index is 12.2. The smallest absolute Gasteiger partial charge is 0.282 e. The van der Waals surface area contributed by atoms with E-state index in [1.807, 2.05) is 0 Å². The zero-order valence-electron chi connectivity index (χ0n) is 20.5. The molecule has 8 atom stereocenters. The minimum absolute atomic E-state index is 0.00579. The molecule has 2 unspecified atom stereocenters. The van der Waals surface area contributed by atoms with Crippen LogP contribution >= 0.6 is 6.49 Å². The largest absolute Gasteiger partial charge is 0.394 e. The van der Waals surface area contributed by atoms with Crippen molar-refractivity contribution in [2.45, 2.75) is 49.0 Å². The van der Waals surface area contributed by atoms with Crippen molar-refractivity contribution in [3.05, 3.63) is 28.9 Å². The summed E-state index contributed by atoms with van der Waals surface area (Å²) in [5, 5.41) is 39.5. The number of aromatic amines is 1. The van der Waals surface area contributed by atoms with Crippen molar-refractivity contribution in [2.24, 2.45) is 0 Å². The van der Waals surface area contributed by atoms with E-state index < -0.39 is 54.6 Å². The molecule has 9 N–H and O–H groups in total. The number of nitrogens with one attached hydrogen (secondary N) is 1. The number of rotatable bonds is 7. The molecule has 2 aliphatic heterocycles. The Morgan fingerprint density at radius 2 is 2.00 bits per heavy atom. The number of hydrogen-bond donors (Lipinski definition) is 7. The SMILES string of the molecule is Nc1nc2c(nnn2[C@@H]2OC(CO)C[C@H]2P(O)(=S)OC[C@H]2O[C@@H](n3ccc4c(N)ncnc43)[C@H](O)[C@@H]2O)c(=O)[nH]1. The van der Waals surface area contributed by atoms with Crippen LogP contribution in [0, 0.1) is 0 Å². The molecule has 4 aromatic rings. The third-order valence-corrected chi connectivity index (χ3v) is 9.91. The minimum atomic E-state index is -3.77. The van der Waals surface area contributed by atoms with Crippen LogP contribution in [0.1, 0.15) is 18.9 Å². The lowest BCUT2D eigenvalue weighted by Crippen LogP contribution is -2.34. The summed E-state index contributed by atoms with van der Waals surface area (Å²) < 4.78 is 20.2. The molecule has 0 radical (unpaired) electrons. The van der Waals surface area contributed by atoms with Crippen molar-refractivity contribution < 1.29 is 34.2 Å². The first kappa shape index (κ1) is 27.1. The third-order valence-electron chi connectivity index (χ3n) is 6.96. The number of fused-ring (bicyclic) bond motifs is 2. The molecule has 0 saturated carbocycles. The molecule has 2 fully saturated rings. The quantitative estimate of drug-likeness (QED) is 0.111. The molecule has 0 bridgehead atoms. The number of H-pyrrole nitrogens is 1. The molecular weight excluding hydrogens is 571 g/mol. The Morgan fingerprint density at radius 1 is 1.20 bits per heavy atom. The highest BCUT2D eigenvalue weighted by Gasteiger charge is 2.49. The molecule has 0 amide bonds. The van der Waals surface area contributed by atoms with Gasteiger partial charge in [0.15, 0.2) is 30.1 Å². The second kappa shape index (κ2) is 10.1. The minimum Gasteiger partial charge on any atom is -0.394 e. The topological polar surface area (TPSA) is 268 Å². The third kappa shape index (κ3) is 4.44. The van der Waals surface area contributed by atoms with Crippen LogP contribution in [0.25, 0.3) is 22.2 Å². The van der Waals surface area contributed by atoms with Crippen LogP contribution in [0.5, 0.6) is 0 Å². The van der Waals surface area contributed by atoms with E-state index in [9.17, 15) is 25.0 Å². The number of nitrogens with two attached hydrogens (primary N) is 2. The monoisotopic (exact) mass is 596 g/mol. The summed E-state index contributed by atoms with van der Waals surface area (Å²) in [6, 6.07) is 1.66. The number of anilines is 2. The Labute approximate surface area is 228 Å². The molecule has 6 rings (SSSR count). The number of aromatic nitrogens is 8. The lowest BCUT2D eigenvalue weighted by Gasteiger charge is -2.27. The first-order chi connectivity index (χ1) is 19.1. The normalized spacial score (nSPS) is 30.4. The summed E-state index contributed by atoms with van der Waals surface area (Å²) in [4.78, 5) is 38.0. The lowest BCUT2D eigenvalue weighted by molar-refractivity contribution is -0.0481. The maximum absolute atomic E-state index is 12.2. The van der Waals surface area contributed by atoms with Gasteiger partial charge in [-0.2, -0.15) is 9.67 Å². The zero-order valence-corrected chi connectivity index (χ0v) is 22.2. The highest BCUT2D eigenvalue weighted by Crippen LogP contribution is 2.57. The van der Waals surface area contributed by atoms with E-state index in [1.165, 1.54) is 10.9 Å². The summed E-state index contributed by atoms with van der Waals surface area (Å²) in [5.74, 6) is 0.0638. The van der Waals surface area contributed by atoms with Gasteiger partial charge in [0.25, 0.3) is 5.56 Å². The van der Waals surface area contributed by atoms with Gasteiger partial charge >= 0.3 is 0 Å². The maximum Gasteiger partial charge on any atom is 0.282 e. The molecule has 2 aliphatic rings. The standard InChI is InChI=1S/C20H25N10O8PS/c21-14-8-1-2-29(15(8)24-6-23-14)19-13(33)12(32)9(38-19)5-36-39(35,40)10-3-7(4-31)37-18(10)30-16-11(27-28-30)17(34)26-20(22)25-16/h1-2,6-7,9-10,12-13,18-19,31-33H,3-5H2,(H,35,40)(H2,21,23,24)(H3,22,25,26,34)/t7?,9-,10-,12-,13-,18-,19-,39?/m1/s1. The zero-order chi connectivity index (χ0) is 28.3. The first-order valence-electron chi connectivity index (χ1n) is 12.0. The van der Waals surface area contributed by atoms with E-state index in [1.54, 1.807) is 12.3 Å². The molecule has 2 saturated heterocycles. The summed E-state index contributed by atoms with van der Waals surface area (Å²) in [6.07, 6.45) is -3.75. The van der Waals surface area contributed by atoms with Crippen LogP contribution in [-0.4, -0.2) is 103 Å². The number of aliphatic hydroxyl groups is 3. The Kier molecular flexibility index (Phi) is 6.80. The second-order valence-electron chi connectivity index (χ2n) is 9.42. The van der Waals surface area contributed by atoms with Gasteiger partial charge in [-0.1, -0.05) is 5.21 Å². The molecule has 6 heterocycles. The van der Waals surface area contributed by atoms with E-state index >= 15 is 0 Å². The van der Waals surface area contributed by atoms with E-state index in [0.717, 1.165) is 4.68 Å². The van der Waals surface area contributed by atoms with Crippen molar-refractivity contribution in [2.75, 3.05) is 24.7 Å². The number of ether oxygens (including phenoxy) is 2. The van der Waals surface area contributed by atoms with Gasteiger partial charge < -0.3 is 50.2 Å². The van der Waals surface area contributed by atoms with Crippen LogP contribution in [-0.2, 0) is 25.8 Å². The molecule has 18 nitrogen and oxygen atoms in total. The Hall–Kier alpha value is -3.13. The summed E-state index contributed by atoms with van der Waals surface area (Å²) in [7, 11) is 0. The fourth-order valence-corrected chi connectivity index (χ4v) is 7.28. The van der Waals surface area contributed by atoms with Gasteiger partial charge in [-0.15, -0.1) is 5.10 Å². The van der Waals surface area contributed by atoms with Crippen molar-refractivity contribution in [3.63, 3.8) is 0 Å². The predicted molar refractivity (Wildman–Crippen MR) is 140 cm³/mol. The average Bonchev–Trinajstić information content (AvgIpc) is 3.69. The fourth-order valence-electron chi connectivity index (χ4n) is 4.96. The van der Waals surface area contributed by atoms with Crippen LogP contribution in [0.4, 0.5) is 11.8 Å². The van der Waals surface area contributed by atoms with Gasteiger partial charge in [-0.25, -0.2) is 9.97 Å². The second-order valence-corrected chi connectivity index (χ2v) is 13.0.